The molecule has 188 valence electrons. The van der Waals surface area contributed by atoms with E-state index in [0.29, 0.717) is 29.2 Å². The van der Waals surface area contributed by atoms with Crippen molar-refractivity contribution in [2.24, 2.45) is 0 Å². The van der Waals surface area contributed by atoms with Crippen molar-refractivity contribution in [3.8, 4) is 0 Å². The molecule has 4 rings (SSSR count). The Morgan fingerprint density at radius 2 is 1.78 bits per heavy atom. The molecule has 3 amide bonds. The average Bonchev–Trinajstić information content (AvgIpc) is 3.19. The maximum Gasteiger partial charge on any atom is 0.337 e. The van der Waals surface area contributed by atoms with Gasteiger partial charge in [0.1, 0.15) is 6.04 Å². The third kappa shape index (κ3) is 5.85. The van der Waals surface area contributed by atoms with Crippen molar-refractivity contribution in [1.29, 1.82) is 0 Å². The Morgan fingerprint density at radius 3 is 2.42 bits per heavy atom. The maximum absolute atomic E-state index is 13.5. The maximum atomic E-state index is 13.5. The summed E-state index contributed by atoms with van der Waals surface area (Å²) in [5.41, 5.74) is 2.76. The highest BCUT2D eigenvalue weighted by molar-refractivity contribution is 6.30. The third-order valence-corrected chi connectivity index (χ3v) is 6.95. The first kappa shape index (κ1) is 25.6. The molecule has 1 aliphatic heterocycles. The molecule has 0 bridgehead atoms. The van der Waals surface area contributed by atoms with Gasteiger partial charge in [-0.05, 0) is 74.1 Å². The molecule has 1 aliphatic carbocycles. The van der Waals surface area contributed by atoms with Crippen LogP contribution in [0.4, 0.5) is 5.69 Å². The van der Waals surface area contributed by atoms with E-state index in [2.05, 4.69) is 6.08 Å². The molecule has 8 heteroatoms. The number of allylic oxidation sites excluding steroid dienone is 1. The summed E-state index contributed by atoms with van der Waals surface area (Å²) in [6.45, 7) is 0.372. The van der Waals surface area contributed by atoms with E-state index in [4.69, 9.17) is 16.3 Å². The van der Waals surface area contributed by atoms with Crippen LogP contribution in [0.3, 0.4) is 0 Å². The van der Waals surface area contributed by atoms with Crippen LogP contribution in [0.15, 0.2) is 60.2 Å². The largest absolute Gasteiger partial charge is 0.465 e. The number of esters is 1. The van der Waals surface area contributed by atoms with Crippen molar-refractivity contribution < 1.29 is 23.9 Å². The molecule has 1 heterocycles. The van der Waals surface area contributed by atoms with Gasteiger partial charge in [0, 0.05) is 11.6 Å². The van der Waals surface area contributed by atoms with E-state index in [-0.39, 0.29) is 24.7 Å². The third-order valence-electron chi connectivity index (χ3n) is 6.69. The van der Waals surface area contributed by atoms with Crippen LogP contribution >= 0.6 is 11.6 Å². The number of rotatable bonds is 8. The summed E-state index contributed by atoms with van der Waals surface area (Å²) in [5, 5.41) is 0.581. The molecular formula is C28H29ClN2O5. The minimum absolute atomic E-state index is 0.0804. The van der Waals surface area contributed by atoms with Gasteiger partial charge < -0.3 is 9.64 Å². The molecule has 0 N–H and O–H groups in total. The molecule has 2 aromatic carbocycles. The second kappa shape index (κ2) is 11.5. The second-order valence-electron chi connectivity index (χ2n) is 9.07. The van der Waals surface area contributed by atoms with Crippen LogP contribution in [0.2, 0.25) is 5.02 Å². The monoisotopic (exact) mass is 508 g/mol. The number of carbonyl (C=O) groups is 4. The number of imide groups is 1. The molecule has 0 saturated carbocycles. The fraction of sp³-hybridized carbons (Fsp3) is 0.357. The van der Waals surface area contributed by atoms with Crippen molar-refractivity contribution in [3.05, 3.63) is 76.3 Å². The van der Waals surface area contributed by atoms with Crippen molar-refractivity contribution in [3.63, 3.8) is 0 Å². The Morgan fingerprint density at radius 1 is 1.06 bits per heavy atom. The molecule has 1 saturated heterocycles. The molecule has 0 aromatic heterocycles. The molecule has 36 heavy (non-hydrogen) atoms. The van der Waals surface area contributed by atoms with Gasteiger partial charge in [-0.15, -0.1) is 0 Å². The van der Waals surface area contributed by atoms with Crippen LogP contribution < -0.4 is 4.90 Å². The highest BCUT2D eigenvalue weighted by Crippen LogP contribution is 2.28. The van der Waals surface area contributed by atoms with Crippen molar-refractivity contribution >= 4 is 41.0 Å². The summed E-state index contributed by atoms with van der Waals surface area (Å²) in [7, 11) is 1.29. The zero-order valence-corrected chi connectivity index (χ0v) is 21.0. The number of anilines is 1. The molecular weight excluding hydrogens is 480 g/mol. The summed E-state index contributed by atoms with van der Waals surface area (Å²) in [4.78, 5) is 54.3. The highest BCUT2D eigenvalue weighted by atomic mass is 35.5. The summed E-state index contributed by atoms with van der Waals surface area (Å²) >= 11 is 5.98. The Bertz CT molecular complexity index is 1170. The normalized spacial score (nSPS) is 17.7. The predicted molar refractivity (Wildman–Crippen MR) is 137 cm³/mol. The number of methoxy groups -OCH3 is 1. The molecule has 2 aromatic rings. The summed E-state index contributed by atoms with van der Waals surface area (Å²) in [5.74, 6) is -1.53. The standard InChI is InChI=1S/C28H29ClN2O5/c1-36-28(35)21-9-13-23(14-10-21)31-26(33)18-24(27(31)34)30(16-15-19-5-3-2-4-6-19)25(32)17-20-7-11-22(29)12-8-20/h5,7-14,24H,2-4,6,15-18H2,1H3. The second-order valence-corrected chi connectivity index (χ2v) is 9.51. The van der Waals surface area contributed by atoms with Crippen LogP contribution in [0.25, 0.3) is 0 Å². The first-order valence-corrected chi connectivity index (χ1v) is 12.5. The van der Waals surface area contributed by atoms with Gasteiger partial charge in [0.05, 0.1) is 31.2 Å². The lowest BCUT2D eigenvalue weighted by Gasteiger charge is -2.29. The topological polar surface area (TPSA) is 84.0 Å². The fourth-order valence-electron chi connectivity index (χ4n) is 4.72. The van der Waals surface area contributed by atoms with E-state index < -0.39 is 17.9 Å². The Kier molecular flexibility index (Phi) is 8.21. The van der Waals surface area contributed by atoms with Gasteiger partial charge in [-0.25, -0.2) is 9.69 Å². The van der Waals surface area contributed by atoms with Crippen LogP contribution in [0, 0.1) is 0 Å². The molecule has 2 aliphatic rings. The number of hydrogen-bond acceptors (Lipinski definition) is 5. The van der Waals surface area contributed by atoms with Crippen LogP contribution in [0.1, 0.15) is 54.4 Å². The van der Waals surface area contributed by atoms with Gasteiger partial charge in [0.15, 0.2) is 0 Å². The molecule has 0 spiro atoms. The van der Waals surface area contributed by atoms with Crippen molar-refractivity contribution in [2.45, 2.75) is 51.0 Å². The number of benzene rings is 2. The van der Waals surface area contributed by atoms with E-state index in [9.17, 15) is 19.2 Å². The molecule has 0 radical (unpaired) electrons. The highest BCUT2D eigenvalue weighted by Gasteiger charge is 2.44. The lowest BCUT2D eigenvalue weighted by atomic mass is 9.96. The molecule has 1 unspecified atom stereocenters. The number of hydrogen-bond donors (Lipinski definition) is 0. The SMILES string of the molecule is COC(=O)c1ccc(N2C(=O)CC(N(CCC3=CCCCC3)C(=O)Cc3ccc(Cl)cc3)C2=O)cc1. The lowest BCUT2D eigenvalue weighted by molar-refractivity contribution is -0.137. The Balaban J connectivity index is 1.55. The predicted octanol–water partition coefficient (Wildman–Crippen LogP) is 4.72. The number of halogens is 1. The van der Waals surface area contributed by atoms with Gasteiger partial charge in [-0.2, -0.15) is 0 Å². The number of amides is 3. The number of carbonyl (C=O) groups excluding carboxylic acids is 4. The van der Waals surface area contributed by atoms with E-state index in [0.717, 1.165) is 29.7 Å². The Hall–Kier alpha value is -3.45. The van der Waals surface area contributed by atoms with Crippen molar-refractivity contribution in [2.75, 3.05) is 18.6 Å². The van der Waals surface area contributed by atoms with E-state index in [1.165, 1.54) is 43.4 Å². The zero-order valence-electron chi connectivity index (χ0n) is 20.2. The quantitative estimate of drug-likeness (QED) is 0.292. The summed E-state index contributed by atoms with van der Waals surface area (Å²) in [6, 6.07) is 12.3. The van der Waals surface area contributed by atoms with Gasteiger partial charge in [0.25, 0.3) is 5.91 Å². The number of nitrogens with zero attached hydrogens (tertiary/aromatic N) is 2. The first-order chi connectivity index (χ1) is 17.4. The van der Waals surface area contributed by atoms with Crippen molar-refractivity contribution in [1.82, 2.24) is 4.90 Å². The van der Waals surface area contributed by atoms with E-state index >= 15 is 0 Å². The van der Waals surface area contributed by atoms with Crippen LogP contribution in [-0.4, -0.2) is 48.3 Å². The first-order valence-electron chi connectivity index (χ1n) is 12.1. The van der Waals surface area contributed by atoms with Gasteiger partial charge in [-0.3, -0.25) is 14.4 Å². The van der Waals surface area contributed by atoms with Crippen LogP contribution in [-0.2, 0) is 25.5 Å². The molecule has 1 fully saturated rings. The number of ether oxygens (including phenoxy) is 1. The lowest BCUT2D eigenvalue weighted by Crippen LogP contribution is -2.46. The minimum Gasteiger partial charge on any atom is -0.465 e. The van der Waals surface area contributed by atoms with Gasteiger partial charge in [-0.1, -0.05) is 35.4 Å². The minimum atomic E-state index is -0.873. The smallest absolute Gasteiger partial charge is 0.337 e. The summed E-state index contributed by atoms with van der Waals surface area (Å²) in [6.07, 6.45) is 7.26. The van der Waals surface area contributed by atoms with Gasteiger partial charge in [0.2, 0.25) is 11.8 Å². The fourth-order valence-corrected chi connectivity index (χ4v) is 4.85. The van der Waals surface area contributed by atoms with Crippen LogP contribution in [0.5, 0.6) is 0 Å². The summed E-state index contributed by atoms with van der Waals surface area (Å²) < 4.78 is 4.71. The molecule has 7 nitrogen and oxygen atoms in total. The Labute approximate surface area is 215 Å². The molecule has 1 atom stereocenters. The van der Waals surface area contributed by atoms with E-state index in [1.807, 2.05) is 0 Å². The van der Waals surface area contributed by atoms with Gasteiger partial charge >= 0.3 is 5.97 Å². The average molecular weight is 509 g/mol. The van der Waals surface area contributed by atoms with E-state index in [1.54, 1.807) is 29.2 Å². The zero-order chi connectivity index (χ0) is 25.7.